The van der Waals surface area contributed by atoms with E-state index in [1.807, 2.05) is 30.3 Å². The van der Waals surface area contributed by atoms with Crippen molar-refractivity contribution in [3.63, 3.8) is 0 Å². The molecular formula is C17H21N4O5. The lowest BCUT2D eigenvalue weighted by Crippen LogP contribution is -2.53. The van der Waals surface area contributed by atoms with Gasteiger partial charge in [-0.2, -0.15) is 5.01 Å². The molecule has 0 amide bonds. The van der Waals surface area contributed by atoms with Gasteiger partial charge in [-0.15, -0.1) is 0 Å². The Morgan fingerprint density at radius 2 is 1.46 bits per heavy atom. The van der Waals surface area contributed by atoms with Crippen LogP contribution < -0.4 is 17.3 Å². The number of benzene rings is 2. The third-order valence-corrected chi connectivity index (χ3v) is 3.91. The number of hydrogen-bond donors (Lipinski definition) is 4. The topological polar surface area (TPSA) is 171 Å². The number of nitrogens with zero attached hydrogens (tertiary/aromatic N) is 2. The molecule has 1 aliphatic heterocycles. The average molecular weight is 361 g/mol. The summed E-state index contributed by atoms with van der Waals surface area (Å²) in [5, 5.41) is 33.6. The minimum Gasteiger partial charge on any atom is -0.480 e. The molecule has 26 heavy (non-hydrogen) atoms. The smallest absolute Gasteiger partial charge is 0.334 e. The highest BCUT2D eigenvalue weighted by atomic mass is 16.4. The van der Waals surface area contributed by atoms with E-state index in [2.05, 4.69) is 0 Å². The van der Waals surface area contributed by atoms with E-state index in [4.69, 9.17) is 0 Å². The van der Waals surface area contributed by atoms with Gasteiger partial charge in [0.15, 0.2) is 6.23 Å². The number of carboxylic acid groups (broad SMARTS) is 2. The van der Waals surface area contributed by atoms with Crippen LogP contribution >= 0.6 is 0 Å². The van der Waals surface area contributed by atoms with Crippen molar-refractivity contribution in [1.82, 2.24) is 17.3 Å². The molecular weight excluding hydrogens is 340 g/mol. The maximum absolute atomic E-state index is 12.7. The fraction of sp³-hybridized carbons (Fsp3) is 0.176. The molecule has 2 aromatic rings. The van der Waals surface area contributed by atoms with Crippen LogP contribution in [0, 0.1) is 0 Å². The molecule has 1 radical (unpaired) electrons. The highest BCUT2D eigenvalue weighted by molar-refractivity contribution is 5.97. The summed E-state index contributed by atoms with van der Waals surface area (Å²) in [6.07, 6.45) is -1.60. The largest absolute Gasteiger partial charge is 0.480 e. The fourth-order valence-corrected chi connectivity index (χ4v) is 2.85. The number of para-hydroxylation sites is 1. The highest BCUT2D eigenvalue weighted by Gasteiger charge is 2.47. The molecule has 3 rings (SSSR count). The van der Waals surface area contributed by atoms with Crippen LogP contribution in [-0.2, 0) is 21.2 Å². The maximum atomic E-state index is 12.7. The summed E-state index contributed by atoms with van der Waals surface area (Å²) in [5.41, 5.74) is 1.72. The van der Waals surface area contributed by atoms with Crippen LogP contribution in [0.2, 0.25) is 0 Å². The number of aliphatic carboxylic acids is 2. The van der Waals surface area contributed by atoms with E-state index < -0.39 is 24.2 Å². The Bertz CT molecular complexity index is 757. The standard InChI is InChI=1S/C17H15N2O5.2H3N/c20-15-12-8-4-5-9-13(12)18(10-11-6-2-1-3-7-11)19(15)14(16(21)22)17(23)24;;/h1-9,14-15H,10H2,(H,21,22)(H,23,24);2*1H3. The van der Waals surface area contributed by atoms with Crippen LogP contribution in [0.15, 0.2) is 54.6 Å². The van der Waals surface area contributed by atoms with Crippen LogP contribution in [0.3, 0.4) is 0 Å². The lowest BCUT2D eigenvalue weighted by Gasteiger charge is -2.33. The van der Waals surface area contributed by atoms with Crippen molar-refractivity contribution in [2.75, 3.05) is 5.01 Å². The van der Waals surface area contributed by atoms with Gasteiger partial charge in [-0.25, -0.2) is 14.7 Å². The number of rotatable bonds is 5. The summed E-state index contributed by atoms with van der Waals surface area (Å²) in [6.45, 7) is 0.202. The van der Waals surface area contributed by atoms with E-state index in [0.717, 1.165) is 10.6 Å². The molecule has 1 atom stereocenters. The number of hydrazine groups is 1. The van der Waals surface area contributed by atoms with Crippen molar-refractivity contribution >= 4 is 17.6 Å². The molecule has 0 bridgehead atoms. The van der Waals surface area contributed by atoms with Crippen LogP contribution in [-0.4, -0.2) is 33.2 Å². The first-order chi connectivity index (χ1) is 11.5. The first kappa shape index (κ1) is 21.1. The quantitative estimate of drug-likeness (QED) is 0.587. The third kappa shape index (κ3) is 3.65. The molecule has 1 unspecified atom stereocenters. The summed E-state index contributed by atoms with van der Waals surface area (Å²) in [7, 11) is 0. The fourth-order valence-electron chi connectivity index (χ4n) is 2.85. The molecule has 0 saturated carbocycles. The molecule has 8 N–H and O–H groups in total. The molecule has 139 valence electrons. The minimum atomic E-state index is -1.95. The van der Waals surface area contributed by atoms with Gasteiger partial charge in [-0.3, -0.25) is 5.01 Å². The normalized spacial score (nSPS) is 15.8. The zero-order valence-electron chi connectivity index (χ0n) is 14.0. The van der Waals surface area contributed by atoms with Crippen LogP contribution in [0.25, 0.3) is 0 Å². The molecule has 9 heteroatoms. The summed E-state index contributed by atoms with van der Waals surface area (Å²) >= 11 is 0. The number of fused-ring (bicyclic) bond motifs is 1. The van der Waals surface area contributed by atoms with Crippen molar-refractivity contribution in [3.8, 4) is 0 Å². The van der Waals surface area contributed by atoms with Crippen LogP contribution in [0.5, 0.6) is 0 Å². The molecule has 2 aromatic carbocycles. The van der Waals surface area contributed by atoms with Crippen LogP contribution in [0.1, 0.15) is 17.4 Å². The maximum Gasteiger partial charge on any atom is 0.334 e. The first-order valence-corrected chi connectivity index (χ1v) is 7.31. The Morgan fingerprint density at radius 3 is 2.04 bits per heavy atom. The van der Waals surface area contributed by atoms with Gasteiger partial charge >= 0.3 is 11.9 Å². The number of hydrogen-bond acceptors (Lipinski definition) is 6. The molecule has 0 spiro atoms. The lowest BCUT2D eigenvalue weighted by molar-refractivity contribution is -0.166. The van der Waals surface area contributed by atoms with Gasteiger partial charge in [-0.1, -0.05) is 48.5 Å². The van der Waals surface area contributed by atoms with E-state index >= 15 is 0 Å². The van der Waals surface area contributed by atoms with E-state index in [1.165, 1.54) is 5.01 Å². The molecule has 9 nitrogen and oxygen atoms in total. The van der Waals surface area contributed by atoms with E-state index in [-0.39, 0.29) is 18.8 Å². The Balaban J connectivity index is 0.00000169. The Hall–Kier alpha value is -2.98. The summed E-state index contributed by atoms with van der Waals surface area (Å²) < 4.78 is 0. The number of carbonyl (C=O) groups is 2. The summed E-state index contributed by atoms with van der Waals surface area (Å²) in [4.78, 5) is 22.9. The average Bonchev–Trinajstić information content (AvgIpc) is 2.82. The zero-order chi connectivity index (χ0) is 17.3. The SMILES string of the molecule is N.N.[O]C1c2ccccc2N(Cc2ccccc2)N1C(C(=O)O)C(=O)O. The minimum absolute atomic E-state index is 0. The second kappa shape index (κ2) is 8.41. The van der Waals surface area contributed by atoms with Crippen LogP contribution in [0.4, 0.5) is 5.69 Å². The second-order valence-corrected chi connectivity index (χ2v) is 5.41. The van der Waals surface area contributed by atoms with E-state index in [0.29, 0.717) is 11.3 Å². The van der Waals surface area contributed by atoms with Crippen molar-refractivity contribution in [1.29, 1.82) is 0 Å². The van der Waals surface area contributed by atoms with Gasteiger partial charge in [-0.05, 0) is 11.6 Å². The predicted molar refractivity (Wildman–Crippen MR) is 93.4 cm³/mol. The third-order valence-electron chi connectivity index (χ3n) is 3.91. The Labute approximate surface area is 150 Å². The number of carboxylic acids is 2. The molecule has 1 aliphatic rings. The van der Waals surface area contributed by atoms with Crippen molar-refractivity contribution < 1.29 is 24.9 Å². The van der Waals surface area contributed by atoms with Gasteiger partial charge in [0, 0.05) is 5.56 Å². The predicted octanol–water partition coefficient (Wildman–Crippen LogP) is 2.21. The Kier molecular flexibility index (Phi) is 6.81. The summed E-state index contributed by atoms with van der Waals surface area (Å²) in [5.74, 6) is -3.15. The molecule has 1 heterocycles. The van der Waals surface area contributed by atoms with E-state index in [9.17, 15) is 24.9 Å². The van der Waals surface area contributed by atoms with Crippen molar-refractivity contribution in [2.45, 2.75) is 18.8 Å². The van der Waals surface area contributed by atoms with Gasteiger partial charge in [0.25, 0.3) is 0 Å². The van der Waals surface area contributed by atoms with Crippen molar-refractivity contribution in [3.05, 3.63) is 65.7 Å². The number of anilines is 1. The highest BCUT2D eigenvalue weighted by Crippen LogP contribution is 2.41. The monoisotopic (exact) mass is 361 g/mol. The van der Waals surface area contributed by atoms with Gasteiger partial charge < -0.3 is 22.5 Å². The lowest BCUT2D eigenvalue weighted by atomic mass is 10.1. The van der Waals surface area contributed by atoms with Gasteiger partial charge in [0.2, 0.25) is 6.04 Å². The second-order valence-electron chi connectivity index (χ2n) is 5.41. The van der Waals surface area contributed by atoms with Gasteiger partial charge in [0.05, 0.1) is 12.2 Å². The zero-order valence-corrected chi connectivity index (χ0v) is 14.0. The Morgan fingerprint density at radius 1 is 0.923 bits per heavy atom. The van der Waals surface area contributed by atoms with Crippen molar-refractivity contribution in [2.24, 2.45) is 0 Å². The van der Waals surface area contributed by atoms with Gasteiger partial charge in [0.1, 0.15) is 0 Å². The molecule has 0 aromatic heterocycles. The molecule has 0 saturated heterocycles. The molecule has 0 aliphatic carbocycles. The first-order valence-electron chi connectivity index (χ1n) is 7.31. The van der Waals surface area contributed by atoms with E-state index in [1.54, 1.807) is 24.3 Å². The summed E-state index contributed by atoms with van der Waals surface area (Å²) in [6, 6.07) is 13.9. The molecule has 0 fully saturated rings.